The molecule has 0 radical (unpaired) electrons. The molecule has 0 bridgehead atoms. The molecule has 0 spiro atoms. The summed E-state index contributed by atoms with van der Waals surface area (Å²) in [6.07, 6.45) is 0. The molecular weight excluding hydrogens is 430 g/mol. The highest BCUT2D eigenvalue weighted by Crippen LogP contribution is 2.27. The summed E-state index contributed by atoms with van der Waals surface area (Å²) in [6, 6.07) is 25.0. The number of hydrogen-bond donors (Lipinski definition) is 1. The highest BCUT2D eigenvalue weighted by Gasteiger charge is 2.20. The maximum atomic E-state index is 5.25. The van der Waals surface area contributed by atoms with Crippen molar-refractivity contribution < 1.29 is 4.74 Å². The quantitative estimate of drug-likeness (QED) is 0.383. The number of aromatic nitrogens is 2. The van der Waals surface area contributed by atoms with E-state index in [4.69, 9.17) is 14.7 Å². The molecule has 1 N–H and O–H groups in total. The Balaban J connectivity index is 1.24. The molecule has 0 amide bonds. The second-order valence-electron chi connectivity index (χ2n) is 8.06. The molecule has 0 unspecified atom stereocenters. The summed E-state index contributed by atoms with van der Waals surface area (Å²) in [5, 5.41) is 5.90. The largest absolute Gasteiger partial charge is 0.497 e. The molecule has 1 aliphatic heterocycles. The number of benzene rings is 3. The fraction of sp³-hybridized carbons (Fsp3) is 0.231. The second kappa shape index (κ2) is 9.68. The number of fused-ring (bicyclic) bond motifs is 1. The molecule has 0 saturated carbocycles. The van der Waals surface area contributed by atoms with Crippen LogP contribution >= 0.6 is 11.9 Å². The number of rotatable bonds is 6. The van der Waals surface area contributed by atoms with E-state index >= 15 is 0 Å². The Morgan fingerprint density at radius 3 is 2.36 bits per heavy atom. The van der Waals surface area contributed by atoms with Gasteiger partial charge in [-0.1, -0.05) is 30.3 Å². The maximum absolute atomic E-state index is 5.25. The Morgan fingerprint density at radius 1 is 0.848 bits per heavy atom. The van der Waals surface area contributed by atoms with Gasteiger partial charge in [0.2, 0.25) is 5.95 Å². The summed E-state index contributed by atoms with van der Waals surface area (Å²) in [6.45, 7) is 5.69. The van der Waals surface area contributed by atoms with Crippen LogP contribution in [0.5, 0.6) is 5.75 Å². The van der Waals surface area contributed by atoms with Crippen molar-refractivity contribution in [2.75, 3.05) is 43.5 Å². The minimum absolute atomic E-state index is 0.785. The lowest BCUT2D eigenvalue weighted by molar-refractivity contribution is 0.414. The molecule has 0 aliphatic carbocycles. The van der Waals surface area contributed by atoms with Crippen molar-refractivity contribution in [2.45, 2.75) is 11.8 Å². The number of ether oxygens (including phenoxy) is 1. The van der Waals surface area contributed by atoms with E-state index in [1.165, 1.54) is 15.7 Å². The SMILES string of the molecule is COc1ccc(SN2CCN(c3nc(C)cc(Nc4ccc5ccccc5c4)n3)CC2)cc1. The molecule has 0 atom stereocenters. The van der Waals surface area contributed by atoms with E-state index in [1.807, 2.05) is 25.1 Å². The van der Waals surface area contributed by atoms with Gasteiger partial charge in [-0.3, -0.25) is 0 Å². The zero-order valence-corrected chi connectivity index (χ0v) is 19.7. The Hall–Kier alpha value is -3.29. The van der Waals surface area contributed by atoms with Gasteiger partial charge < -0.3 is 15.0 Å². The number of anilines is 3. The van der Waals surface area contributed by atoms with E-state index in [2.05, 4.69) is 69.1 Å². The van der Waals surface area contributed by atoms with Gasteiger partial charge in [0.1, 0.15) is 11.6 Å². The van der Waals surface area contributed by atoms with Crippen molar-refractivity contribution in [3.05, 3.63) is 78.5 Å². The lowest BCUT2D eigenvalue weighted by Crippen LogP contribution is -2.44. The van der Waals surface area contributed by atoms with E-state index in [0.29, 0.717) is 0 Å². The highest BCUT2D eigenvalue weighted by molar-refractivity contribution is 7.97. The van der Waals surface area contributed by atoms with E-state index in [9.17, 15) is 0 Å². The van der Waals surface area contributed by atoms with E-state index < -0.39 is 0 Å². The normalized spacial score (nSPS) is 14.4. The Labute approximate surface area is 198 Å². The molecular formula is C26H27N5OS. The Morgan fingerprint density at radius 2 is 1.61 bits per heavy atom. The van der Waals surface area contributed by atoms with Crippen LogP contribution in [-0.4, -0.2) is 47.6 Å². The van der Waals surface area contributed by atoms with Crippen molar-refractivity contribution in [3.8, 4) is 5.75 Å². The summed E-state index contributed by atoms with van der Waals surface area (Å²) < 4.78 is 7.64. The van der Waals surface area contributed by atoms with Crippen LogP contribution in [0.15, 0.2) is 77.7 Å². The first kappa shape index (κ1) is 21.6. The van der Waals surface area contributed by atoms with Gasteiger partial charge in [-0.15, -0.1) is 0 Å². The van der Waals surface area contributed by atoms with E-state index in [1.54, 1.807) is 19.1 Å². The van der Waals surface area contributed by atoms with Gasteiger partial charge in [-0.25, -0.2) is 9.29 Å². The van der Waals surface area contributed by atoms with Gasteiger partial charge in [-0.05, 0) is 66.0 Å². The summed E-state index contributed by atoms with van der Waals surface area (Å²) in [5.41, 5.74) is 1.98. The Bertz CT molecular complexity index is 1240. The van der Waals surface area contributed by atoms with Gasteiger partial charge in [-0.2, -0.15) is 4.98 Å². The molecule has 7 heteroatoms. The number of nitrogens with one attached hydrogen (secondary N) is 1. The van der Waals surface area contributed by atoms with Crippen LogP contribution in [0.4, 0.5) is 17.5 Å². The van der Waals surface area contributed by atoms with Gasteiger partial charge in [0, 0.05) is 48.5 Å². The molecule has 1 saturated heterocycles. The zero-order chi connectivity index (χ0) is 22.6. The van der Waals surface area contributed by atoms with Crippen LogP contribution in [0.1, 0.15) is 5.69 Å². The fourth-order valence-electron chi connectivity index (χ4n) is 3.94. The van der Waals surface area contributed by atoms with E-state index in [0.717, 1.165) is 55.1 Å². The third-order valence-corrected chi connectivity index (χ3v) is 6.79. The lowest BCUT2D eigenvalue weighted by Gasteiger charge is -2.34. The molecule has 1 aliphatic rings. The van der Waals surface area contributed by atoms with Crippen molar-refractivity contribution in [3.63, 3.8) is 0 Å². The van der Waals surface area contributed by atoms with Gasteiger partial charge in [0.15, 0.2) is 0 Å². The van der Waals surface area contributed by atoms with Crippen molar-refractivity contribution >= 4 is 40.2 Å². The maximum Gasteiger partial charge on any atom is 0.227 e. The van der Waals surface area contributed by atoms with Crippen LogP contribution in [-0.2, 0) is 0 Å². The second-order valence-corrected chi connectivity index (χ2v) is 9.23. The summed E-state index contributed by atoms with van der Waals surface area (Å²) >= 11 is 1.79. The molecule has 1 fully saturated rings. The molecule has 5 rings (SSSR count). The molecule has 168 valence electrons. The van der Waals surface area contributed by atoms with Gasteiger partial charge in [0.25, 0.3) is 0 Å². The van der Waals surface area contributed by atoms with E-state index in [-0.39, 0.29) is 0 Å². The number of piperazine rings is 1. The average molecular weight is 458 g/mol. The molecule has 4 aromatic rings. The highest BCUT2D eigenvalue weighted by atomic mass is 32.2. The van der Waals surface area contributed by atoms with Crippen LogP contribution in [0.3, 0.4) is 0 Å². The minimum atomic E-state index is 0.785. The van der Waals surface area contributed by atoms with Gasteiger partial charge >= 0.3 is 0 Å². The van der Waals surface area contributed by atoms with Gasteiger partial charge in [0.05, 0.1) is 7.11 Å². The van der Waals surface area contributed by atoms with Crippen LogP contribution in [0, 0.1) is 6.92 Å². The Kier molecular flexibility index (Phi) is 6.32. The lowest BCUT2D eigenvalue weighted by atomic mass is 10.1. The van der Waals surface area contributed by atoms with Crippen molar-refractivity contribution in [1.29, 1.82) is 0 Å². The summed E-state index contributed by atoms with van der Waals surface area (Å²) in [7, 11) is 1.69. The predicted molar refractivity (Wildman–Crippen MR) is 137 cm³/mol. The first-order valence-electron chi connectivity index (χ1n) is 11.1. The first-order chi connectivity index (χ1) is 16.2. The molecule has 1 aromatic heterocycles. The first-order valence-corrected chi connectivity index (χ1v) is 11.9. The molecule has 2 heterocycles. The summed E-state index contributed by atoms with van der Waals surface area (Å²) in [5.74, 6) is 2.49. The zero-order valence-electron chi connectivity index (χ0n) is 18.9. The topological polar surface area (TPSA) is 53.5 Å². The summed E-state index contributed by atoms with van der Waals surface area (Å²) in [4.78, 5) is 13.0. The number of methoxy groups -OCH3 is 1. The third kappa shape index (κ3) is 5.21. The predicted octanol–water partition coefficient (Wildman–Crippen LogP) is 5.52. The third-order valence-electron chi connectivity index (χ3n) is 5.68. The average Bonchev–Trinajstić information content (AvgIpc) is 2.84. The monoisotopic (exact) mass is 457 g/mol. The van der Waals surface area contributed by atoms with Crippen LogP contribution < -0.4 is 15.0 Å². The van der Waals surface area contributed by atoms with Crippen LogP contribution in [0.2, 0.25) is 0 Å². The van der Waals surface area contributed by atoms with Crippen molar-refractivity contribution in [2.24, 2.45) is 0 Å². The fourth-order valence-corrected chi connectivity index (χ4v) is 4.84. The van der Waals surface area contributed by atoms with Crippen molar-refractivity contribution in [1.82, 2.24) is 14.3 Å². The minimum Gasteiger partial charge on any atom is -0.497 e. The number of hydrogen-bond acceptors (Lipinski definition) is 7. The number of nitrogens with zero attached hydrogens (tertiary/aromatic N) is 4. The van der Waals surface area contributed by atoms with Crippen LogP contribution in [0.25, 0.3) is 10.8 Å². The molecule has 33 heavy (non-hydrogen) atoms. The standard InChI is InChI=1S/C26H27N5OS/c1-19-17-25(28-22-8-7-20-5-3-4-6-21(20)18-22)29-26(27-19)30-13-15-31(16-14-30)33-24-11-9-23(32-2)10-12-24/h3-12,17-18H,13-16H2,1-2H3,(H,27,28,29). The molecule has 3 aromatic carbocycles. The number of aryl methyl sites for hydroxylation is 1. The smallest absolute Gasteiger partial charge is 0.227 e. The molecule has 6 nitrogen and oxygen atoms in total.